The Morgan fingerprint density at radius 3 is 2.60 bits per heavy atom. The number of fused-ring (bicyclic) bond motifs is 1. The van der Waals surface area contributed by atoms with Crippen LogP contribution in [0.3, 0.4) is 0 Å². The number of aliphatic hydroxyl groups is 1. The van der Waals surface area contributed by atoms with E-state index in [1.165, 1.54) is 18.2 Å². The number of rotatable bonds is 4. The van der Waals surface area contributed by atoms with Gasteiger partial charge in [-0.1, -0.05) is 30.4 Å². The molecule has 4 nitrogen and oxygen atoms in total. The fourth-order valence-corrected chi connectivity index (χ4v) is 3.36. The number of hydrogen-bond donors (Lipinski definition) is 2. The fraction of sp³-hybridized carbons (Fsp3) is 0.333. The van der Waals surface area contributed by atoms with Crippen molar-refractivity contribution in [1.29, 1.82) is 0 Å². The number of nitrogens with zero attached hydrogens (tertiary/aromatic N) is 2. The van der Waals surface area contributed by atoms with Crippen molar-refractivity contribution in [3.05, 3.63) is 52.9 Å². The molecule has 1 aromatic carbocycles. The van der Waals surface area contributed by atoms with Gasteiger partial charge in [-0.15, -0.1) is 0 Å². The molecule has 0 saturated heterocycles. The topological polar surface area (TPSA) is 61.8 Å². The lowest BCUT2D eigenvalue weighted by Gasteiger charge is -2.33. The van der Waals surface area contributed by atoms with Gasteiger partial charge in [0.15, 0.2) is 18.1 Å². The van der Waals surface area contributed by atoms with Crippen LogP contribution in [0, 0.1) is 6.92 Å². The van der Waals surface area contributed by atoms with Gasteiger partial charge in [-0.05, 0) is 37.5 Å². The van der Waals surface area contributed by atoms with Crippen molar-refractivity contribution in [2.45, 2.75) is 32.3 Å². The second-order valence-electron chi connectivity index (χ2n) is 6.06. The Bertz CT molecular complexity index is 885. The fourth-order valence-electron chi connectivity index (χ4n) is 3.36. The minimum absolute atomic E-state index is 0.0210. The molecule has 0 aliphatic heterocycles. The maximum atomic E-state index is 14.5. The Hall–Kier alpha value is -2.41. The van der Waals surface area contributed by atoms with Gasteiger partial charge in [0.05, 0.1) is 0 Å². The lowest BCUT2D eigenvalue weighted by molar-refractivity contribution is -0.172. The van der Waals surface area contributed by atoms with Crippen molar-refractivity contribution in [3.8, 4) is 11.4 Å². The molecule has 0 bridgehead atoms. The Morgan fingerprint density at radius 1 is 1.32 bits per heavy atom. The van der Waals surface area contributed by atoms with Crippen LogP contribution in [0.15, 0.2) is 35.9 Å². The van der Waals surface area contributed by atoms with Crippen molar-refractivity contribution in [3.63, 3.8) is 0 Å². The van der Waals surface area contributed by atoms with Crippen LogP contribution >= 0.6 is 0 Å². The average Bonchev–Trinajstić information content (AvgIpc) is 3.11. The molecular weight excluding hydrogens is 331 g/mol. The molecule has 1 aliphatic rings. The highest BCUT2D eigenvalue weighted by Crippen LogP contribution is 2.55. The molecule has 1 aromatic heterocycles. The summed E-state index contributed by atoms with van der Waals surface area (Å²) >= 11 is 0. The zero-order valence-corrected chi connectivity index (χ0v) is 14.1. The van der Waals surface area contributed by atoms with E-state index in [0.29, 0.717) is 28.3 Å². The van der Waals surface area contributed by atoms with E-state index in [0.717, 1.165) is 0 Å². The van der Waals surface area contributed by atoms with E-state index in [1.54, 1.807) is 32.9 Å². The SMILES string of the molecule is C/C=C\C1=C(C)c2c(-c3n[nH]c(C)n3)cccc2C1(O)C(F)(F)CF. The Morgan fingerprint density at radius 2 is 2.04 bits per heavy atom. The van der Waals surface area contributed by atoms with E-state index in [2.05, 4.69) is 15.2 Å². The summed E-state index contributed by atoms with van der Waals surface area (Å²) in [5.41, 5.74) is -1.44. The number of H-pyrrole nitrogens is 1. The van der Waals surface area contributed by atoms with Crippen LogP contribution in [-0.4, -0.2) is 32.9 Å². The number of nitrogens with one attached hydrogen (secondary N) is 1. The summed E-state index contributed by atoms with van der Waals surface area (Å²) in [6.45, 7) is 3.03. The van der Waals surface area contributed by atoms with Crippen molar-refractivity contribution in [2.24, 2.45) is 0 Å². The van der Waals surface area contributed by atoms with Crippen LogP contribution < -0.4 is 0 Å². The molecule has 0 saturated carbocycles. The second-order valence-corrected chi connectivity index (χ2v) is 6.06. The molecule has 2 aromatic rings. The molecule has 2 N–H and O–H groups in total. The molecule has 3 rings (SSSR count). The molecule has 0 fully saturated rings. The van der Waals surface area contributed by atoms with Crippen molar-refractivity contribution < 1.29 is 18.3 Å². The lowest BCUT2D eigenvalue weighted by atomic mass is 9.83. The third-order valence-electron chi connectivity index (χ3n) is 4.49. The van der Waals surface area contributed by atoms with E-state index < -0.39 is 18.2 Å². The largest absolute Gasteiger partial charge is 0.374 e. The smallest absolute Gasteiger partial charge is 0.312 e. The average molecular weight is 349 g/mol. The molecule has 7 heteroatoms. The zero-order valence-electron chi connectivity index (χ0n) is 14.1. The monoisotopic (exact) mass is 349 g/mol. The summed E-state index contributed by atoms with van der Waals surface area (Å²) in [6, 6.07) is 4.62. The molecule has 1 heterocycles. The van der Waals surface area contributed by atoms with Crippen molar-refractivity contribution >= 4 is 5.57 Å². The van der Waals surface area contributed by atoms with Gasteiger partial charge in [0.2, 0.25) is 0 Å². The maximum Gasteiger partial charge on any atom is 0.312 e. The summed E-state index contributed by atoms with van der Waals surface area (Å²) in [4.78, 5) is 4.24. The number of aromatic amines is 1. The summed E-state index contributed by atoms with van der Waals surface area (Å²) in [7, 11) is 0. The van der Waals surface area contributed by atoms with E-state index in [9.17, 15) is 18.3 Å². The highest BCUT2D eigenvalue weighted by atomic mass is 19.3. The van der Waals surface area contributed by atoms with Crippen LogP contribution in [0.1, 0.15) is 30.8 Å². The van der Waals surface area contributed by atoms with E-state index >= 15 is 0 Å². The van der Waals surface area contributed by atoms with Crippen LogP contribution in [0.25, 0.3) is 17.0 Å². The second kappa shape index (κ2) is 5.84. The third kappa shape index (κ3) is 2.33. The van der Waals surface area contributed by atoms with Crippen molar-refractivity contribution in [1.82, 2.24) is 15.2 Å². The van der Waals surface area contributed by atoms with E-state index in [-0.39, 0.29) is 11.1 Å². The first kappa shape index (κ1) is 17.4. The minimum atomic E-state index is -3.97. The molecular formula is C18H18F3N3O. The highest BCUT2D eigenvalue weighted by molar-refractivity contribution is 5.89. The summed E-state index contributed by atoms with van der Waals surface area (Å²) in [5.74, 6) is -3.06. The first-order valence-corrected chi connectivity index (χ1v) is 7.81. The van der Waals surface area contributed by atoms with Crippen molar-refractivity contribution in [2.75, 3.05) is 6.67 Å². The molecule has 1 aliphatic carbocycles. The lowest BCUT2D eigenvalue weighted by Crippen LogP contribution is -2.47. The number of aromatic nitrogens is 3. The Labute approximate surface area is 143 Å². The number of halogens is 3. The van der Waals surface area contributed by atoms with Gasteiger partial charge in [-0.2, -0.15) is 13.9 Å². The van der Waals surface area contributed by atoms with Gasteiger partial charge >= 0.3 is 5.92 Å². The van der Waals surface area contributed by atoms with Crippen LogP contribution in [0.2, 0.25) is 0 Å². The van der Waals surface area contributed by atoms with Gasteiger partial charge in [-0.3, -0.25) is 5.10 Å². The number of benzene rings is 1. The van der Waals surface area contributed by atoms with Crippen LogP contribution in [-0.2, 0) is 5.60 Å². The highest BCUT2D eigenvalue weighted by Gasteiger charge is 2.60. The number of allylic oxidation sites excluding steroid dienone is 2. The summed E-state index contributed by atoms with van der Waals surface area (Å²) in [6.07, 6.45) is 2.94. The summed E-state index contributed by atoms with van der Waals surface area (Å²) < 4.78 is 42.1. The number of alkyl halides is 3. The molecule has 132 valence electrons. The quantitative estimate of drug-likeness (QED) is 0.879. The third-order valence-corrected chi connectivity index (χ3v) is 4.49. The van der Waals surface area contributed by atoms with Crippen LogP contribution in [0.4, 0.5) is 13.2 Å². The first-order chi connectivity index (χ1) is 11.8. The standard InChI is InChI=1S/C18H18F3N3O/c1-4-6-13-10(2)15-12(16-22-11(3)23-24-16)7-5-8-14(15)18(13,25)17(20,21)9-19/h4-8,25H,9H2,1-3H3,(H,22,23,24)/b6-4-. The van der Waals surface area contributed by atoms with E-state index in [4.69, 9.17) is 0 Å². The predicted octanol–water partition coefficient (Wildman–Crippen LogP) is 3.94. The normalized spacial score (nSPS) is 20.6. The Balaban J connectivity index is 2.36. The number of hydrogen-bond acceptors (Lipinski definition) is 3. The molecule has 0 amide bonds. The van der Waals surface area contributed by atoms with Gasteiger partial charge in [-0.25, -0.2) is 9.37 Å². The molecule has 25 heavy (non-hydrogen) atoms. The number of aryl methyl sites for hydroxylation is 1. The Kier molecular flexibility index (Phi) is 4.07. The molecule has 0 spiro atoms. The summed E-state index contributed by atoms with van der Waals surface area (Å²) in [5, 5.41) is 17.8. The minimum Gasteiger partial charge on any atom is -0.374 e. The molecule has 0 radical (unpaired) electrons. The van der Waals surface area contributed by atoms with Gasteiger partial charge in [0.25, 0.3) is 0 Å². The maximum absolute atomic E-state index is 14.5. The van der Waals surface area contributed by atoms with Gasteiger partial charge in [0, 0.05) is 11.1 Å². The molecule has 1 unspecified atom stereocenters. The first-order valence-electron chi connectivity index (χ1n) is 7.81. The van der Waals surface area contributed by atoms with Crippen LogP contribution in [0.5, 0.6) is 0 Å². The van der Waals surface area contributed by atoms with E-state index in [1.807, 2.05) is 0 Å². The predicted molar refractivity (Wildman–Crippen MR) is 88.8 cm³/mol. The van der Waals surface area contributed by atoms with Gasteiger partial charge < -0.3 is 5.11 Å². The zero-order chi connectivity index (χ0) is 18.4. The van der Waals surface area contributed by atoms with Gasteiger partial charge in [0.1, 0.15) is 5.82 Å². The molecule has 1 atom stereocenters.